The Morgan fingerprint density at radius 1 is 1.22 bits per heavy atom. The zero-order valence-electron chi connectivity index (χ0n) is 13.9. The Morgan fingerprint density at radius 3 is 2.74 bits per heavy atom. The molecule has 23 heavy (non-hydrogen) atoms. The number of anilines is 2. The molecule has 0 spiro atoms. The van der Waals surface area contributed by atoms with Crippen molar-refractivity contribution in [3.63, 3.8) is 0 Å². The van der Waals surface area contributed by atoms with Gasteiger partial charge in [0.05, 0.1) is 6.33 Å². The SMILES string of the molecule is CN(C)c1cc(NC2CCN(CCn3ccnc3)CC2)ncn1. The van der Waals surface area contributed by atoms with Crippen LogP contribution in [0.1, 0.15) is 12.8 Å². The van der Waals surface area contributed by atoms with E-state index in [0.717, 1.165) is 50.7 Å². The van der Waals surface area contributed by atoms with Gasteiger partial charge in [0.15, 0.2) is 0 Å². The molecule has 0 radical (unpaired) electrons. The van der Waals surface area contributed by atoms with E-state index < -0.39 is 0 Å². The summed E-state index contributed by atoms with van der Waals surface area (Å²) in [5.74, 6) is 1.85. The van der Waals surface area contributed by atoms with Crippen molar-refractivity contribution in [3.8, 4) is 0 Å². The van der Waals surface area contributed by atoms with E-state index in [4.69, 9.17) is 0 Å². The summed E-state index contributed by atoms with van der Waals surface area (Å²) in [5, 5.41) is 3.55. The lowest BCUT2D eigenvalue weighted by atomic mass is 10.1. The smallest absolute Gasteiger partial charge is 0.133 e. The number of nitrogens with one attached hydrogen (secondary N) is 1. The van der Waals surface area contributed by atoms with Crippen LogP contribution in [0.2, 0.25) is 0 Å². The Morgan fingerprint density at radius 2 is 2.04 bits per heavy atom. The van der Waals surface area contributed by atoms with E-state index in [1.807, 2.05) is 43.8 Å². The first-order valence-corrected chi connectivity index (χ1v) is 8.15. The lowest BCUT2D eigenvalue weighted by molar-refractivity contribution is 0.211. The van der Waals surface area contributed by atoms with Crippen LogP contribution in [0.5, 0.6) is 0 Å². The van der Waals surface area contributed by atoms with E-state index in [2.05, 4.69) is 29.7 Å². The largest absolute Gasteiger partial charge is 0.367 e. The molecule has 3 rings (SSSR count). The van der Waals surface area contributed by atoms with Crippen molar-refractivity contribution < 1.29 is 0 Å². The normalized spacial score (nSPS) is 16.4. The number of nitrogens with zero attached hydrogens (tertiary/aromatic N) is 6. The van der Waals surface area contributed by atoms with Gasteiger partial charge in [0, 0.05) is 64.8 Å². The van der Waals surface area contributed by atoms with Gasteiger partial charge < -0.3 is 19.7 Å². The third-order valence-corrected chi connectivity index (χ3v) is 4.28. The predicted molar refractivity (Wildman–Crippen MR) is 91.7 cm³/mol. The molecule has 1 N–H and O–H groups in total. The molecule has 1 aliphatic rings. The molecule has 3 heterocycles. The molecule has 0 saturated carbocycles. The highest BCUT2D eigenvalue weighted by atomic mass is 15.2. The summed E-state index contributed by atoms with van der Waals surface area (Å²) in [5.41, 5.74) is 0. The number of rotatable bonds is 6. The molecule has 1 saturated heterocycles. The fourth-order valence-corrected chi connectivity index (χ4v) is 2.86. The quantitative estimate of drug-likeness (QED) is 0.867. The standard InChI is InChI=1S/C16H25N7/c1-21(2)16-11-15(18-12-19-16)20-14-3-6-22(7-4-14)9-10-23-8-5-17-13-23/h5,8,11-14H,3-4,6-7,9-10H2,1-2H3,(H,18,19,20). The average molecular weight is 315 g/mol. The Hall–Kier alpha value is -2.15. The second kappa shape index (κ2) is 7.41. The van der Waals surface area contributed by atoms with Crippen molar-refractivity contribution in [3.05, 3.63) is 31.1 Å². The third kappa shape index (κ3) is 4.41. The number of aromatic nitrogens is 4. The lowest BCUT2D eigenvalue weighted by Gasteiger charge is -2.32. The van der Waals surface area contributed by atoms with E-state index in [0.29, 0.717) is 6.04 Å². The van der Waals surface area contributed by atoms with E-state index in [9.17, 15) is 0 Å². The average Bonchev–Trinajstić information content (AvgIpc) is 3.08. The van der Waals surface area contributed by atoms with Crippen LogP contribution in [0.15, 0.2) is 31.1 Å². The monoisotopic (exact) mass is 315 g/mol. The maximum Gasteiger partial charge on any atom is 0.133 e. The maximum absolute atomic E-state index is 4.33. The molecular formula is C16H25N7. The Bertz CT molecular complexity index is 588. The lowest BCUT2D eigenvalue weighted by Crippen LogP contribution is -2.40. The molecule has 0 atom stereocenters. The van der Waals surface area contributed by atoms with Gasteiger partial charge in [-0.25, -0.2) is 15.0 Å². The molecule has 0 bridgehead atoms. The summed E-state index contributed by atoms with van der Waals surface area (Å²) in [4.78, 5) is 17.2. The van der Waals surface area contributed by atoms with Gasteiger partial charge in [-0.15, -0.1) is 0 Å². The number of hydrogen-bond acceptors (Lipinski definition) is 6. The van der Waals surface area contributed by atoms with Crippen molar-refractivity contribution in [1.29, 1.82) is 0 Å². The highest BCUT2D eigenvalue weighted by Gasteiger charge is 2.19. The zero-order chi connectivity index (χ0) is 16.1. The topological polar surface area (TPSA) is 62.1 Å². The number of piperidine rings is 1. The summed E-state index contributed by atoms with van der Waals surface area (Å²) in [6.07, 6.45) is 9.64. The molecule has 0 aliphatic carbocycles. The Balaban J connectivity index is 1.44. The summed E-state index contributed by atoms with van der Waals surface area (Å²) in [7, 11) is 3.98. The van der Waals surface area contributed by atoms with Crippen LogP contribution in [-0.2, 0) is 6.54 Å². The third-order valence-electron chi connectivity index (χ3n) is 4.28. The van der Waals surface area contributed by atoms with E-state index in [1.165, 1.54) is 0 Å². The first-order chi connectivity index (χ1) is 11.2. The molecule has 124 valence electrons. The Labute approximate surface area is 137 Å². The molecule has 2 aromatic heterocycles. The maximum atomic E-state index is 4.33. The first-order valence-electron chi connectivity index (χ1n) is 8.15. The van der Waals surface area contributed by atoms with Gasteiger partial charge in [0.2, 0.25) is 0 Å². The van der Waals surface area contributed by atoms with Gasteiger partial charge in [-0.2, -0.15) is 0 Å². The second-order valence-corrected chi connectivity index (χ2v) is 6.22. The van der Waals surface area contributed by atoms with Crippen molar-refractivity contribution >= 4 is 11.6 Å². The molecule has 0 unspecified atom stereocenters. The first kappa shape index (κ1) is 15.7. The minimum Gasteiger partial charge on any atom is -0.367 e. The van der Waals surface area contributed by atoms with Crippen LogP contribution in [0, 0.1) is 0 Å². The van der Waals surface area contributed by atoms with Crippen LogP contribution in [0.3, 0.4) is 0 Å². The van der Waals surface area contributed by atoms with Crippen molar-refractivity contribution in [1.82, 2.24) is 24.4 Å². The van der Waals surface area contributed by atoms with E-state index >= 15 is 0 Å². The van der Waals surface area contributed by atoms with Crippen LogP contribution >= 0.6 is 0 Å². The van der Waals surface area contributed by atoms with E-state index in [-0.39, 0.29) is 0 Å². The van der Waals surface area contributed by atoms with Gasteiger partial charge in [-0.3, -0.25) is 0 Å². The molecule has 1 aliphatic heterocycles. The van der Waals surface area contributed by atoms with Gasteiger partial charge in [-0.1, -0.05) is 0 Å². The van der Waals surface area contributed by atoms with Gasteiger partial charge >= 0.3 is 0 Å². The molecule has 2 aromatic rings. The summed E-state index contributed by atoms with van der Waals surface area (Å²) >= 11 is 0. The number of likely N-dealkylation sites (tertiary alicyclic amines) is 1. The van der Waals surface area contributed by atoms with Crippen LogP contribution in [0.25, 0.3) is 0 Å². The van der Waals surface area contributed by atoms with Gasteiger partial charge in [-0.05, 0) is 12.8 Å². The van der Waals surface area contributed by atoms with Gasteiger partial charge in [0.25, 0.3) is 0 Å². The minimum atomic E-state index is 0.490. The van der Waals surface area contributed by atoms with Crippen LogP contribution < -0.4 is 10.2 Å². The molecular weight excluding hydrogens is 290 g/mol. The number of imidazole rings is 1. The van der Waals surface area contributed by atoms with Gasteiger partial charge in [0.1, 0.15) is 18.0 Å². The summed E-state index contributed by atoms with van der Waals surface area (Å²) in [6, 6.07) is 2.50. The van der Waals surface area contributed by atoms with Crippen LogP contribution in [0.4, 0.5) is 11.6 Å². The van der Waals surface area contributed by atoms with Crippen molar-refractivity contribution in [2.45, 2.75) is 25.4 Å². The fourth-order valence-electron chi connectivity index (χ4n) is 2.86. The Kier molecular flexibility index (Phi) is 5.07. The second-order valence-electron chi connectivity index (χ2n) is 6.22. The molecule has 1 fully saturated rings. The predicted octanol–water partition coefficient (Wildman–Crippen LogP) is 1.32. The highest BCUT2D eigenvalue weighted by molar-refractivity contribution is 5.47. The number of hydrogen-bond donors (Lipinski definition) is 1. The minimum absolute atomic E-state index is 0.490. The van der Waals surface area contributed by atoms with E-state index in [1.54, 1.807) is 6.33 Å². The van der Waals surface area contributed by atoms with Crippen molar-refractivity contribution in [2.24, 2.45) is 0 Å². The zero-order valence-corrected chi connectivity index (χ0v) is 13.9. The molecule has 7 heteroatoms. The fraction of sp³-hybridized carbons (Fsp3) is 0.562. The van der Waals surface area contributed by atoms with Crippen LogP contribution in [-0.4, -0.2) is 64.2 Å². The molecule has 0 aromatic carbocycles. The highest BCUT2D eigenvalue weighted by Crippen LogP contribution is 2.17. The molecule has 0 amide bonds. The van der Waals surface area contributed by atoms with Crippen molar-refractivity contribution in [2.75, 3.05) is 43.9 Å². The summed E-state index contributed by atoms with van der Waals surface area (Å²) in [6.45, 7) is 4.34. The summed E-state index contributed by atoms with van der Waals surface area (Å²) < 4.78 is 2.13. The molecule has 7 nitrogen and oxygen atoms in total.